The smallest absolute Gasteiger partial charge is 0.325 e. The van der Waals surface area contributed by atoms with Gasteiger partial charge in [0.25, 0.3) is 0 Å². The minimum absolute atomic E-state index is 0.0104. The molecule has 1 aliphatic rings. The van der Waals surface area contributed by atoms with Crippen molar-refractivity contribution < 1.29 is 77.6 Å². The number of thiol groups is 2. The summed E-state index contributed by atoms with van der Waals surface area (Å²) in [6, 6.07) is -9.51. The first-order chi connectivity index (χ1) is 38.0. The summed E-state index contributed by atoms with van der Waals surface area (Å²) in [5, 5.41) is 48.2. The van der Waals surface area contributed by atoms with Gasteiger partial charge in [0.05, 0.1) is 18.9 Å². The first kappa shape index (κ1) is 69.2. The minimum atomic E-state index is -1.75. The van der Waals surface area contributed by atoms with Crippen molar-refractivity contribution >= 4 is 108 Å². The molecule has 0 radical (unpaired) electrons. The lowest BCUT2D eigenvalue weighted by atomic mass is 10.0. The number of nitrogens with zero attached hydrogens (tertiary/aromatic N) is 2. The van der Waals surface area contributed by atoms with E-state index in [-0.39, 0.29) is 74.3 Å². The number of aliphatic imine (C=N–C) groups is 1. The number of amides is 11. The molecule has 1 heterocycles. The minimum Gasteiger partial charge on any atom is -0.508 e. The van der Waals surface area contributed by atoms with Crippen molar-refractivity contribution in [1.82, 2.24) is 47.4 Å². The van der Waals surface area contributed by atoms with Gasteiger partial charge in [0.15, 0.2) is 5.96 Å². The molecule has 0 aromatic heterocycles. The molecule has 2 rings (SSSR count). The molecule has 1 fully saturated rings. The number of phenolic OH excluding ortho intramolecular Hbond substituents is 1. The van der Waals surface area contributed by atoms with Gasteiger partial charge in [0, 0.05) is 37.4 Å². The number of nitrogens with two attached hydrogens (primary N) is 5. The molecule has 1 aromatic rings. The molecule has 31 nitrogen and oxygen atoms in total. The van der Waals surface area contributed by atoms with Crippen LogP contribution in [0.3, 0.4) is 0 Å². The standard InChI is InChI=1S/C48H75N15O16S2/c1-22(2)16-29(58-44(75)32(20-80)61-45(76)34-7-5-15-63(34)46(77)33(21-81)62-38(69)26(49)18-35(50)65)42(73)57-28(12-13-37(67)68)40(71)56-27(6-4-14-54-48(52)53)39(70)59-30(17-24-8-10-25(64)11-9-24)43(74)60-31(19-36(51)66)41(72)55-23(3)47(78)79/h8-11,22-23,26-34,64,80-81H,4-7,12-21,49H2,1-3H3,(H2,50,65)(H2,51,66)(H,55,72)(H,56,71)(H,57,73)(H,58,75)(H,59,70)(H,60,74)(H,61,76)(H,62,69)(H,67,68)(H,78,79)(H4,52,53,54)/t23-,26-,27-,28-,29-,30-,31-,32-,33-,34-/m0/s1. The number of hydrogen-bond donors (Lipinski definition) is 18. The average molecular weight is 1180 g/mol. The van der Waals surface area contributed by atoms with E-state index in [1.54, 1.807) is 13.8 Å². The summed E-state index contributed by atoms with van der Waals surface area (Å²) in [6.07, 6.45) is -2.80. The fourth-order valence-corrected chi connectivity index (χ4v) is 8.48. The topological polar surface area (TPSA) is 525 Å². The second-order valence-electron chi connectivity index (χ2n) is 19.4. The van der Waals surface area contributed by atoms with Gasteiger partial charge in [-0.15, -0.1) is 0 Å². The van der Waals surface area contributed by atoms with E-state index in [4.69, 9.17) is 28.7 Å². The van der Waals surface area contributed by atoms with E-state index < -0.39 is 163 Å². The number of guanidine groups is 1. The Labute approximate surface area is 476 Å². The van der Waals surface area contributed by atoms with E-state index >= 15 is 0 Å². The van der Waals surface area contributed by atoms with Gasteiger partial charge in [-0.3, -0.25) is 67.3 Å². The Kier molecular flexibility index (Phi) is 29.3. The zero-order chi connectivity index (χ0) is 61.3. The largest absolute Gasteiger partial charge is 0.508 e. The van der Waals surface area contributed by atoms with Crippen LogP contribution < -0.4 is 71.2 Å². The second kappa shape index (κ2) is 34.3. The number of primary amides is 2. The van der Waals surface area contributed by atoms with Crippen molar-refractivity contribution in [2.24, 2.45) is 39.6 Å². The third-order valence-corrected chi connectivity index (χ3v) is 12.9. The Morgan fingerprint density at radius 3 is 1.65 bits per heavy atom. The Morgan fingerprint density at radius 1 is 0.630 bits per heavy atom. The van der Waals surface area contributed by atoms with Crippen LogP contribution >= 0.6 is 25.3 Å². The summed E-state index contributed by atoms with van der Waals surface area (Å²) in [5.41, 5.74) is 27.5. The lowest BCUT2D eigenvalue weighted by molar-refractivity contribution is -0.142. The van der Waals surface area contributed by atoms with Gasteiger partial charge in [-0.2, -0.15) is 25.3 Å². The number of nitrogens with one attached hydrogen (secondary N) is 8. The molecule has 11 amide bonds. The maximum Gasteiger partial charge on any atom is 0.325 e. The molecule has 0 unspecified atom stereocenters. The first-order valence-corrected chi connectivity index (χ1v) is 26.8. The molecular formula is C48H75N15O16S2. The van der Waals surface area contributed by atoms with Crippen LogP contribution in [0.25, 0.3) is 0 Å². The average Bonchev–Trinajstić information content (AvgIpc) is 3.96. The number of carbonyl (C=O) groups excluding carboxylic acids is 11. The van der Waals surface area contributed by atoms with Crippen molar-refractivity contribution in [3.8, 4) is 5.75 Å². The van der Waals surface area contributed by atoms with Crippen LogP contribution in [0.5, 0.6) is 5.75 Å². The molecule has 450 valence electrons. The van der Waals surface area contributed by atoms with Crippen LogP contribution in [0, 0.1) is 5.92 Å². The summed E-state index contributed by atoms with van der Waals surface area (Å²) in [6.45, 7) is 4.50. The fourth-order valence-electron chi connectivity index (χ4n) is 7.98. The lowest BCUT2D eigenvalue weighted by Gasteiger charge is -2.30. The second-order valence-corrected chi connectivity index (χ2v) is 20.1. The number of carboxylic acids is 2. The van der Waals surface area contributed by atoms with E-state index in [9.17, 15) is 77.6 Å². The predicted octanol–water partition coefficient (Wildman–Crippen LogP) is -6.19. The van der Waals surface area contributed by atoms with E-state index in [0.717, 1.165) is 6.92 Å². The van der Waals surface area contributed by atoms with Gasteiger partial charge in [-0.05, 0) is 69.1 Å². The zero-order valence-corrected chi connectivity index (χ0v) is 46.7. The van der Waals surface area contributed by atoms with Crippen LogP contribution in [0.1, 0.15) is 84.1 Å². The highest BCUT2D eigenvalue weighted by molar-refractivity contribution is 7.80. The van der Waals surface area contributed by atoms with Gasteiger partial charge in [-0.25, -0.2) is 0 Å². The number of benzene rings is 1. The van der Waals surface area contributed by atoms with Gasteiger partial charge in [0.2, 0.25) is 65.0 Å². The maximum atomic E-state index is 14.3. The van der Waals surface area contributed by atoms with Crippen LogP contribution in [-0.2, 0) is 68.7 Å². The van der Waals surface area contributed by atoms with Crippen molar-refractivity contribution in [3.63, 3.8) is 0 Å². The van der Waals surface area contributed by atoms with Gasteiger partial charge >= 0.3 is 11.9 Å². The molecule has 81 heavy (non-hydrogen) atoms. The Bertz CT molecular complexity index is 2470. The van der Waals surface area contributed by atoms with Crippen LogP contribution in [0.2, 0.25) is 0 Å². The lowest BCUT2D eigenvalue weighted by Crippen LogP contribution is -2.61. The molecule has 1 saturated heterocycles. The van der Waals surface area contributed by atoms with Crippen molar-refractivity contribution in [2.45, 2.75) is 145 Å². The summed E-state index contributed by atoms with van der Waals surface area (Å²) >= 11 is 8.39. The zero-order valence-electron chi connectivity index (χ0n) is 44.9. The van der Waals surface area contributed by atoms with E-state index in [0.29, 0.717) is 12.0 Å². The third kappa shape index (κ3) is 24.5. The molecule has 0 spiro atoms. The normalized spacial score (nSPS) is 16.2. The summed E-state index contributed by atoms with van der Waals surface area (Å²) in [5.74, 6) is -14.8. The van der Waals surface area contributed by atoms with Crippen molar-refractivity contribution in [3.05, 3.63) is 29.8 Å². The Hall–Kier alpha value is -7.94. The number of phenols is 1. The third-order valence-electron chi connectivity index (χ3n) is 12.2. The van der Waals surface area contributed by atoms with Crippen LogP contribution in [0.15, 0.2) is 29.3 Å². The molecule has 1 aromatic carbocycles. The molecule has 0 aliphatic carbocycles. The highest BCUT2D eigenvalue weighted by Gasteiger charge is 2.40. The van der Waals surface area contributed by atoms with Crippen molar-refractivity contribution in [2.75, 3.05) is 24.6 Å². The quantitative estimate of drug-likeness (QED) is 0.0130. The molecule has 0 bridgehead atoms. The number of carbonyl (C=O) groups is 13. The van der Waals surface area contributed by atoms with E-state index in [1.807, 2.05) is 0 Å². The summed E-state index contributed by atoms with van der Waals surface area (Å²) < 4.78 is 0. The maximum absolute atomic E-state index is 14.3. The number of hydrogen-bond acceptors (Lipinski definition) is 18. The molecule has 10 atom stereocenters. The van der Waals surface area contributed by atoms with Gasteiger partial charge in [-0.1, -0.05) is 26.0 Å². The molecule has 0 saturated carbocycles. The number of aliphatic carboxylic acids is 2. The highest BCUT2D eigenvalue weighted by atomic mass is 32.1. The highest BCUT2D eigenvalue weighted by Crippen LogP contribution is 2.20. The molecule has 33 heteroatoms. The van der Waals surface area contributed by atoms with E-state index in [2.05, 4.69) is 72.8 Å². The number of aromatic hydroxyl groups is 1. The number of rotatable bonds is 35. The molecular weight excluding hydrogens is 1110 g/mol. The summed E-state index contributed by atoms with van der Waals surface area (Å²) in [4.78, 5) is 175. The Balaban J connectivity index is 2.45. The van der Waals surface area contributed by atoms with Gasteiger partial charge in [0.1, 0.15) is 60.1 Å². The summed E-state index contributed by atoms with van der Waals surface area (Å²) in [7, 11) is 0. The number of likely N-dealkylation sites (tertiary alicyclic amines) is 1. The molecule has 1 aliphatic heterocycles. The fraction of sp³-hybridized carbons (Fsp3) is 0.583. The van der Waals surface area contributed by atoms with E-state index in [1.165, 1.54) is 29.2 Å². The predicted molar refractivity (Wildman–Crippen MR) is 295 cm³/mol. The molecule has 21 N–H and O–H groups in total. The monoisotopic (exact) mass is 1180 g/mol. The van der Waals surface area contributed by atoms with Gasteiger partial charge < -0.3 is 91.4 Å². The Morgan fingerprint density at radius 2 is 1.12 bits per heavy atom. The van der Waals surface area contributed by atoms with Crippen LogP contribution in [0.4, 0.5) is 0 Å². The number of carboxylic acid groups (broad SMARTS) is 2. The van der Waals surface area contributed by atoms with Crippen LogP contribution in [-0.4, -0.2) is 188 Å². The van der Waals surface area contributed by atoms with Crippen molar-refractivity contribution in [1.29, 1.82) is 0 Å². The first-order valence-electron chi connectivity index (χ1n) is 25.5. The SMILES string of the molecule is CC(C)C[C@H](NC(=O)[C@H](CS)NC(=O)[C@@H]1CCCN1C(=O)[C@H](CS)NC(=O)[C@@H](N)CC(N)=O)C(=O)N[C@@H](CCC(=O)O)C(=O)N[C@@H](CCCN=C(N)N)C(=O)N[C@@H](Cc1ccc(O)cc1)C(=O)N[C@@H](CC(N)=O)C(=O)N[C@@H](C)C(=O)O.